The Hall–Kier alpha value is -4.00. The van der Waals surface area contributed by atoms with Crippen LogP contribution in [0, 0.1) is 0 Å². The van der Waals surface area contributed by atoms with Gasteiger partial charge in [0.25, 0.3) is 0 Å². The van der Waals surface area contributed by atoms with Crippen molar-refractivity contribution in [2.75, 3.05) is 18.0 Å². The number of unbranched alkanes of at least 4 members (excludes halogenated alkanes) is 2. The maximum absolute atomic E-state index is 13.8. The molecule has 5 rings (SSSR count). The standard InChI is InChI=1S/C29H32N6O/c1-2-3-8-19-34(29(36)35-20-9-11-24-10-4-7-14-27(24)35)21-22-15-17-23(18-16-22)25-12-5-6-13-26(25)28-30-32-33-31-28/h4-7,10,12-18H,2-3,8-9,11,19-21H2,1H3,(H,30,31,32,33). The second kappa shape index (κ2) is 11.2. The molecule has 2 amide bonds. The number of H-pyrrole nitrogens is 1. The molecule has 0 bridgehead atoms. The average molecular weight is 481 g/mol. The lowest BCUT2D eigenvalue weighted by Crippen LogP contribution is -2.45. The summed E-state index contributed by atoms with van der Waals surface area (Å²) >= 11 is 0. The summed E-state index contributed by atoms with van der Waals surface area (Å²) in [6, 6.07) is 24.9. The molecule has 0 saturated carbocycles. The zero-order valence-electron chi connectivity index (χ0n) is 20.7. The van der Waals surface area contributed by atoms with E-state index in [0.29, 0.717) is 12.4 Å². The molecule has 3 aromatic carbocycles. The number of tetrazole rings is 1. The van der Waals surface area contributed by atoms with Crippen molar-refractivity contribution >= 4 is 11.7 Å². The number of aromatic amines is 1. The van der Waals surface area contributed by atoms with Crippen molar-refractivity contribution in [3.05, 3.63) is 83.9 Å². The lowest BCUT2D eigenvalue weighted by atomic mass is 9.98. The zero-order chi connectivity index (χ0) is 24.7. The second-order valence-corrected chi connectivity index (χ2v) is 9.29. The van der Waals surface area contributed by atoms with E-state index in [1.807, 2.05) is 34.1 Å². The number of carbonyl (C=O) groups is 1. The van der Waals surface area contributed by atoms with E-state index < -0.39 is 0 Å². The van der Waals surface area contributed by atoms with Crippen LogP contribution in [-0.4, -0.2) is 44.6 Å². The molecule has 184 valence electrons. The number of fused-ring (bicyclic) bond motifs is 1. The van der Waals surface area contributed by atoms with Gasteiger partial charge < -0.3 is 4.90 Å². The summed E-state index contributed by atoms with van der Waals surface area (Å²) in [6.45, 7) is 4.31. The SMILES string of the molecule is CCCCCN(Cc1ccc(-c2ccccc2-c2nnn[nH]2)cc1)C(=O)N1CCCc2ccccc21. The topological polar surface area (TPSA) is 78.0 Å². The number of anilines is 1. The summed E-state index contributed by atoms with van der Waals surface area (Å²) < 4.78 is 0. The fraction of sp³-hybridized carbons (Fsp3) is 0.310. The molecule has 0 spiro atoms. The van der Waals surface area contributed by atoms with Crippen LogP contribution in [0.25, 0.3) is 22.5 Å². The maximum atomic E-state index is 13.8. The largest absolute Gasteiger partial charge is 0.324 e. The van der Waals surface area contributed by atoms with Gasteiger partial charge in [-0.05, 0) is 58.0 Å². The first-order valence-electron chi connectivity index (χ1n) is 12.8. The molecule has 7 nitrogen and oxygen atoms in total. The Bertz CT molecular complexity index is 1290. The van der Waals surface area contributed by atoms with E-state index in [1.165, 1.54) is 5.56 Å². The number of nitrogens with zero attached hydrogens (tertiary/aromatic N) is 5. The summed E-state index contributed by atoms with van der Waals surface area (Å²) in [5.41, 5.74) is 6.53. The molecule has 1 aliphatic rings. The Morgan fingerprint density at radius 1 is 0.972 bits per heavy atom. The van der Waals surface area contributed by atoms with Gasteiger partial charge in [0.05, 0.1) is 0 Å². The van der Waals surface area contributed by atoms with Crippen molar-refractivity contribution in [1.29, 1.82) is 0 Å². The predicted molar refractivity (Wildman–Crippen MR) is 142 cm³/mol. The number of nitrogens with one attached hydrogen (secondary N) is 1. The van der Waals surface area contributed by atoms with E-state index in [0.717, 1.165) is 73.1 Å². The lowest BCUT2D eigenvalue weighted by Gasteiger charge is -2.34. The van der Waals surface area contributed by atoms with Crippen LogP contribution >= 0.6 is 0 Å². The minimum atomic E-state index is 0.102. The molecule has 0 radical (unpaired) electrons. The minimum Gasteiger partial charge on any atom is -0.320 e. The van der Waals surface area contributed by atoms with Gasteiger partial charge >= 0.3 is 6.03 Å². The molecule has 0 aliphatic carbocycles. The average Bonchev–Trinajstić information content (AvgIpc) is 3.47. The third-order valence-electron chi connectivity index (χ3n) is 6.81. The van der Waals surface area contributed by atoms with Crippen molar-refractivity contribution in [3.63, 3.8) is 0 Å². The molecule has 2 heterocycles. The van der Waals surface area contributed by atoms with Crippen molar-refractivity contribution in [2.45, 2.75) is 45.6 Å². The van der Waals surface area contributed by atoms with Crippen LogP contribution < -0.4 is 4.90 Å². The fourth-order valence-electron chi connectivity index (χ4n) is 4.92. The number of para-hydroxylation sites is 1. The van der Waals surface area contributed by atoms with Crippen molar-refractivity contribution in [1.82, 2.24) is 25.5 Å². The van der Waals surface area contributed by atoms with E-state index in [4.69, 9.17) is 0 Å². The van der Waals surface area contributed by atoms with Crippen LogP contribution in [0.3, 0.4) is 0 Å². The van der Waals surface area contributed by atoms with Crippen molar-refractivity contribution in [3.8, 4) is 22.5 Å². The van der Waals surface area contributed by atoms with Gasteiger partial charge in [-0.15, -0.1) is 5.10 Å². The van der Waals surface area contributed by atoms with E-state index in [9.17, 15) is 4.79 Å². The molecule has 36 heavy (non-hydrogen) atoms. The van der Waals surface area contributed by atoms with Gasteiger partial charge in [-0.3, -0.25) is 4.90 Å². The number of aryl methyl sites for hydroxylation is 1. The fourth-order valence-corrected chi connectivity index (χ4v) is 4.92. The first kappa shape index (κ1) is 23.7. The first-order valence-corrected chi connectivity index (χ1v) is 12.8. The molecule has 1 aromatic heterocycles. The third-order valence-corrected chi connectivity index (χ3v) is 6.81. The number of benzene rings is 3. The third kappa shape index (κ3) is 5.15. The van der Waals surface area contributed by atoms with Crippen LogP contribution in [0.5, 0.6) is 0 Å². The first-order chi connectivity index (χ1) is 17.7. The number of amides is 2. The number of hydrogen-bond acceptors (Lipinski definition) is 4. The number of urea groups is 1. The number of hydrogen-bond donors (Lipinski definition) is 1. The number of rotatable bonds is 8. The Labute approximate surface area is 212 Å². The Morgan fingerprint density at radius 2 is 1.75 bits per heavy atom. The van der Waals surface area contributed by atoms with Crippen LogP contribution in [0.2, 0.25) is 0 Å². The van der Waals surface area contributed by atoms with E-state index in [-0.39, 0.29) is 6.03 Å². The highest BCUT2D eigenvalue weighted by atomic mass is 16.2. The van der Waals surface area contributed by atoms with Gasteiger partial charge in [0.2, 0.25) is 0 Å². The van der Waals surface area contributed by atoms with Gasteiger partial charge in [-0.1, -0.05) is 86.5 Å². The summed E-state index contributed by atoms with van der Waals surface area (Å²) in [5.74, 6) is 0.643. The monoisotopic (exact) mass is 480 g/mol. The van der Waals surface area contributed by atoms with Gasteiger partial charge in [0.1, 0.15) is 0 Å². The quantitative estimate of drug-likeness (QED) is 0.309. The normalized spacial score (nSPS) is 12.9. The summed E-state index contributed by atoms with van der Waals surface area (Å²) in [6.07, 6.45) is 5.29. The molecular formula is C29H32N6O. The number of aromatic nitrogens is 4. The Kier molecular flexibility index (Phi) is 7.36. The smallest absolute Gasteiger partial charge is 0.320 e. The van der Waals surface area contributed by atoms with Crippen LogP contribution in [0.4, 0.5) is 10.5 Å². The molecule has 4 aromatic rings. The molecule has 0 saturated heterocycles. The van der Waals surface area contributed by atoms with Crippen LogP contribution in [0.15, 0.2) is 72.8 Å². The van der Waals surface area contributed by atoms with Gasteiger partial charge in [0.15, 0.2) is 5.82 Å². The van der Waals surface area contributed by atoms with Gasteiger partial charge in [-0.2, -0.15) is 0 Å². The molecule has 1 N–H and O–H groups in total. The highest BCUT2D eigenvalue weighted by Crippen LogP contribution is 2.31. The molecule has 0 unspecified atom stereocenters. The van der Waals surface area contributed by atoms with E-state index >= 15 is 0 Å². The van der Waals surface area contributed by atoms with Gasteiger partial charge in [-0.25, -0.2) is 9.89 Å². The molecular weight excluding hydrogens is 448 g/mol. The van der Waals surface area contributed by atoms with Crippen molar-refractivity contribution < 1.29 is 4.79 Å². The zero-order valence-corrected chi connectivity index (χ0v) is 20.7. The summed E-state index contributed by atoms with van der Waals surface area (Å²) in [5, 5.41) is 14.4. The van der Waals surface area contributed by atoms with Crippen LogP contribution in [0.1, 0.15) is 43.7 Å². The Balaban J connectivity index is 1.37. The summed E-state index contributed by atoms with van der Waals surface area (Å²) in [4.78, 5) is 17.7. The molecule has 0 atom stereocenters. The second-order valence-electron chi connectivity index (χ2n) is 9.29. The lowest BCUT2D eigenvalue weighted by molar-refractivity contribution is 0.200. The maximum Gasteiger partial charge on any atom is 0.324 e. The predicted octanol–water partition coefficient (Wildman–Crippen LogP) is 6.10. The minimum absolute atomic E-state index is 0.102. The van der Waals surface area contributed by atoms with Crippen molar-refractivity contribution in [2.24, 2.45) is 0 Å². The summed E-state index contributed by atoms with van der Waals surface area (Å²) in [7, 11) is 0. The van der Waals surface area contributed by atoms with Crippen LogP contribution in [-0.2, 0) is 13.0 Å². The number of carbonyl (C=O) groups excluding carboxylic acids is 1. The Morgan fingerprint density at radius 3 is 2.53 bits per heavy atom. The highest BCUT2D eigenvalue weighted by Gasteiger charge is 2.26. The highest BCUT2D eigenvalue weighted by molar-refractivity contribution is 5.93. The molecule has 1 aliphatic heterocycles. The van der Waals surface area contributed by atoms with Gasteiger partial charge in [0, 0.05) is 30.9 Å². The van der Waals surface area contributed by atoms with E-state index in [2.05, 4.69) is 76.1 Å². The van der Waals surface area contributed by atoms with E-state index in [1.54, 1.807) is 0 Å². The molecule has 7 heteroatoms. The molecule has 0 fully saturated rings.